The molecule has 0 radical (unpaired) electrons. The van der Waals surface area contributed by atoms with Crippen molar-refractivity contribution < 1.29 is 9.47 Å². The number of epoxide rings is 1. The highest BCUT2D eigenvalue weighted by atomic mass is 16.8. The fourth-order valence-electron chi connectivity index (χ4n) is 1.59. The van der Waals surface area contributed by atoms with Crippen molar-refractivity contribution in [2.45, 2.75) is 31.2 Å². The van der Waals surface area contributed by atoms with Gasteiger partial charge in [-0.25, -0.2) is 0 Å². The molecule has 0 amide bonds. The average Bonchev–Trinajstić information content (AvgIpc) is 2.88. The molecular formula is C11H13NO2. The first-order chi connectivity index (χ1) is 6.79. The van der Waals surface area contributed by atoms with Gasteiger partial charge in [0.15, 0.2) is 0 Å². The summed E-state index contributed by atoms with van der Waals surface area (Å²) in [5, 5.41) is 8.97. The molecule has 14 heavy (non-hydrogen) atoms. The lowest BCUT2D eigenvalue weighted by Crippen LogP contribution is -2.26. The van der Waals surface area contributed by atoms with Crippen LogP contribution in [0.25, 0.3) is 0 Å². The molecule has 0 aromatic carbocycles. The van der Waals surface area contributed by atoms with Crippen LogP contribution in [0, 0.1) is 11.3 Å². The van der Waals surface area contributed by atoms with E-state index in [1.807, 2.05) is 18.2 Å². The molecule has 1 aliphatic carbocycles. The summed E-state index contributed by atoms with van der Waals surface area (Å²) >= 11 is 0. The second-order valence-electron chi connectivity index (χ2n) is 3.54. The highest BCUT2D eigenvalue weighted by Crippen LogP contribution is 2.52. The maximum absolute atomic E-state index is 8.97. The Morgan fingerprint density at radius 1 is 1.43 bits per heavy atom. The minimum Gasteiger partial charge on any atom is -0.343 e. The summed E-state index contributed by atoms with van der Waals surface area (Å²) in [4.78, 5) is 0. The van der Waals surface area contributed by atoms with Gasteiger partial charge < -0.3 is 9.47 Å². The number of unbranched alkanes of at least 4 members (excludes halogenated alkanes) is 1. The van der Waals surface area contributed by atoms with Crippen LogP contribution < -0.4 is 0 Å². The molecule has 0 N–H and O–H groups in total. The predicted octanol–water partition coefficient (Wildman–Crippen LogP) is 1.92. The first kappa shape index (κ1) is 9.45. The number of fused-ring (bicyclic) bond motifs is 1. The van der Waals surface area contributed by atoms with E-state index in [2.05, 4.69) is 13.0 Å². The summed E-state index contributed by atoms with van der Waals surface area (Å²) in [6.07, 6.45) is 9.30. The molecule has 2 unspecified atom stereocenters. The van der Waals surface area contributed by atoms with Gasteiger partial charge in [0.2, 0.25) is 11.4 Å². The smallest absolute Gasteiger partial charge is 0.238 e. The standard InChI is InChI=1S/C11H13NO2/c1-2-3-8-13-11-7-5-4-6-10(11,9-12)14-11/h4-7H,2-3,8H2,1H3. The Bertz CT molecular complexity index is 329. The van der Waals surface area contributed by atoms with Gasteiger partial charge in [-0.2, -0.15) is 5.26 Å². The van der Waals surface area contributed by atoms with E-state index in [1.54, 1.807) is 6.08 Å². The van der Waals surface area contributed by atoms with Crippen LogP contribution in [0.2, 0.25) is 0 Å². The second-order valence-corrected chi connectivity index (χ2v) is 3.54. The number of ether oxygens (including phenoxy) is 2. The minimum absolute atomic E-state index is 0.637. The highest BCUT2D eigenvalue weighted by Gasteiger charge is 2.71. The lowest BCUT2D eigenvalue weighted by atomic mass is 9.99. The molecule has 2 atom stereocenters. The normalized spacial score (nSPS) is 37.7. The van der Waals surface area contributed by atoms with Gasteiger partial charge in [0.1, 0.15) is 6.07 Å². The third kappa shape index (κ3) is 1.19. The van der Waals surface area contributed by atoms with Crippen molar-refractivity contribution in [2.24, 2.45) is 0 Å². The number of nitrogens with zero attached hydrogens (tertiary/aromatic N) is 1. The number of nitriles is 1. The third-order valence-electron chi connectivity index (χ3n) is 2.53. The maximum Gasteiger partial charge on any atom is 0.238 e. The average molecular weight is 191 g/mol. The molecule has 1 fully saturated rings. The first-order valence-corrected chi connectivity index (χ1v) is 4.91. The van der Waals surface area contributed by atoms with Gasteiger partial charge in [-0.15, -0.1) is 0 Å². The monoisotopic (exact) mass is 191 g/mol. The molecule has 2 rings (SSSR count). The molecule has 1 heterocycles. The van der Waals surface area contributed by atoms with Gasteiger partial charge in [0.05, 0.1) is 6.61 Å². The highest BCUT2D eigenvalue weighted by molar-refractivity contribution is 5.43. The molecule has 2 aliphatic rings. The molecule has 0 spiro atoms. The summed E-state index contributed by atoms with van der Waals surface area (Å²) in [5.41, 5.74) is -0.852. The van der Waals surface area contributed by atoms with Crippen molar-refractivity contribution in [3.8, 4) is 6.07 Å². The summed E-state index contributed by atoms with van der Waals surface area (Å²) in [7, 11) is 0. The molecule has 3 nitrogen and oxygen atoms in total. The van der Waals surface area contributed by atoms with E-state index in [0.717, 1.165) is 12.8 Å². The van der Waals surface area contributed by atoms with E-state index in [-0.39, 0.29) is 0 Å². The summed E-state index contributed by atoms with van der Waals surface area (Å²) in [6, 6.07) is 2.14. The van der Waals surface area contributed by atoms with Crippen molar-refractivity contribution >= 4 is 0 Å². The number of hydrogen-bond donors (Lipinski definition) is 0. The van der Waals surface area contributed by atoms with E-state index in [9.17, 15) is 0 Å². The van der Waals surface area contributed by atoms with Gasteiger partial charge in [-0.05, 0) is 18.6 Å². The van der Waals surface area contributed by atoms with Crippen LogP contribution in [-0.4, -0.2) is 18.0 Å². The Kier molecular flexibility index (Phi) is 2.18. The van der Waals surface area contributed by atoms with Gasteiger partial charge in [0, 0.05) is 0 Å². The zero-order valence-corrected chi connectivity index (χ0v) is 8.19. The first-order valence-electron chi connectivity index (χ1n) is 4.91. The molecule has 3 heteroatoms. The Balaban J connectivity index is 2.02. The molecule has 0 bridgehead atoms. The third-order valence-corrected chi connectivity index (χ3v) is 2.53. The van der Waals surface area contributed by atoms with Crippen molar-refractivity contribution in [3.63, 3.8) is 0 Å². The molecule has 1 saturated heterocycles. The van der Waals surface area contributed by atoms with Crippen LogP contribution in [0.4, 0.5) is 0 Å². The van der Waals surface area contributed by atoms with E-state index >= 15 is 0 Å². The quantitative estimate of drug-likeness (QED) is 0.503. The molecule has 0 aromatic heterocycles. The fourth-order valence-corrected chi connectivity index (χ4v) is 1.59. The molecule has 0 aromatic rings. The van der Waals surface area contributed by atoms with E-state index in [1.165, 1.54) is 0 Å². The van der Waals surface area contributed by atoms with Crippen molar-refractivity contribution in [3.05, 3.63) is 24.3 Å². The molecule has 0 saturated carbocycles. The fraction of sp³-hybridized carbons (Fsp3) is 0.545. The van der Waals surface area contributed by atoms with Crippen LogP contribution in [0.1, 0.15) is 19.8 Å². The molecule has 1 aliphatic heterocycles. The SMILES string of the molecule is CCCCOC12C=CC=CC1(C#N)O2. The topological polar surface area (TPSA) is 45.5 Å². The van der Waals surface area contributed by atoms with Crippen LogP contribution in [0.15, 0.2) is 24.3 Å². The van der Waals surface area contributed by atoms with Gasteiger partial charge in [-0.3, -0.25) is 0 Å². The summed E-state index contributed by atoms with van der Waals surface area (Å²) in [5.74, 6) is -0.786. The van der Waals surface area contributed by atoms with Gasteiger partial charge in [-0.1, -0.05) is 25.5 Å². The van der Waals surface area contributed by atoms with Crippen molar-refractivity contribution in [1.82, 2.24) is 0 Å². The Labute approximate surface area is 83.6 Å². The molecular weight excluding hydrogens is 178 g/mol. The largest absolute Gasteiger partial charge is 0.343 e. The van der Waals surface area contributed by atoms with Gasteiger partial charge >= 0.3 is 0 Å². The predicted molar refractivity (Wildman–Crippen MR) is 51.3 cm³/mol. The Hall–Kier alpha value is -1.11. The summed E-state index contributed by atoms with van der Waals surface area (Å²) in [6.45, 7) is 2.74. The zero-order chi connectivity index (χ0) is 10.1. The van der Waals surface area contributed by atoms with E-state index in [4.69, 9.17) is 14.7 Å². The second kappa shape index (κ2) is 3.23. The van der Waals surface area contributed by atoms with Crippen molar-refractivity contribution in [1.29, 1.82) is 5.26 Å². The zero-order valence-electron chi connectivity index (χ0n) is 8.19. The lowest BCUT2D eigenvalue weighted by Gasteiger charge is -2.12. The Morgan fingerprint density at radius 3 is 2.93 bits per heavy atom. The van der Waals surface area contributed by atoms with Crippen LogP contribution in [0.3, 0.4) is 0 Å². The maximum atomic E-state index is 8.97. The van der Waals surface area contributed by atoms with E-state index < -0.39 is 11.4 Å². The molecule has 74 valence electrons. The Morgan fingerprint density at radius 2 is 2.21 bits per heavy atom. The van der Waals surface area contributed by atoms with Crippen LogP contribution in [0.5, 0.6) is 0 Å². The van der Waals surface area contributed by atoms with Crippen LogP contribution >= 0.6 is 0 Å². The summed E-state index contributed by atoms with van der Waals surface area (Å²) < 4.78 is 11.0. The minimum atomic E-state index is -0.852. The van der Waals surface area contributed by atoms with Gasteiger partial charge in [0.25, 0.3) is 0 Å². The number of hydrogen-bond acceptors (Lipinski definition) is 3. The number of allylic oxidation sites excluding steroid dienone is 2. The lowest BCUT2D eigenvalue weighted by molar-refractivity contribution is -0.00948. The van der Waals surface area contributed by atoms with Crippen LogP contribution in [-0.2, 0) is 9.47 Å². The number of rotatable bonds is 4. The van der Waals surface area contributed by atoms with E-state index in [0.29, 0.717) is 6.61 Å². The van der Waals surface area contributed by atoms with Crippen molar-refractivity contribution in [2.75, 3.05) is 6.61 Å².